The molecule has 0 aromatic heterocycles. The van der Waals surface area contributed by atoms with Crippen molar-refractivity contribution in [3.05, 3.63) is 0 Å². The van der Waals surface area contributed by atoms with Crippen molar-refractivity contribution in [3.8, 4) is 0 Å². The zero-order chi connectivity index (χ0) is 7.72. The standard InChI is InChI=1S/C5H5NO4/c7-1-2-3(8)5(10)6-4(2)9/h1-2,4,9H,(H,6,10). The van der Waals surface area contributed by atoms with Crippen molar-refractivity contribution in [2.45, 2.75) is 6.23 Å². The fourth-order valence-electron chi connectivity index (χ4n) is 0.726. The molecule has 5 nitrogen and oxygen atoms in total. The van der Waals surface area contributed by atoms with Gasteiger partial charge in [0.2, 0.25) is 5.78 Å². The summed E-state index contributed by atoms with van der Waals surface area (Å²) in [5, 5.41) is 10.6. The Labute approximate surface area is 56.0 Å². The van der Waals surface area contributed by atoms with E-state index < -0.39 is 23.8 Å². The van der Waals surface area contributed by atoms with Gasteiger partial charge in [-0.2, -0.15) is 0 Å². The van der Waals surface area contributed by atoms with Crippen LogP contribution in [0.4, 0.5) is 0 Å². The molecule has 2 atom stereocenters. The second-order valence-electron chi connectivity index (χ2n) is 1.94. The average molecular weight is 143 g/mol. The van der Waals surface area contributed by atoms with Crippen LogP contribution in [0.2, 0.25) is 0 Å². The third-order valence-electron chi connectivity index (χ3n) is 1.29. The van der Waals surface area contributed by atoms with E-state index in [-0.39, 0.29) is 6.29 Å². The van der Waals surface area contributed by atoms with Crippen LogP contribution < -0.4 is 5.32 Å². The van der Waals surface area contributed by atoms with E-state index in [4.69, 9.17) is 5.11 Å². The summed E-state index contributed by atoms with van der Waals surface area (Å²) in [6.45, 7) is 0. The number of carbonyl (C=O) groups is 3. The molecule has 1 amide bonds. The fraction of sp³-hybridized carbons (Fsp3) is 0.400. The van der Waals surface area contributed by atoms with Gasteiger partial charge in [0.1, 0.15) is 18.4 Å². The van der Waals surface area contributed by atoms with Crippen LogP contribution in [0.15, 0.2) is 0 Å². The van der Waals surface area contributed by atoms with Crippen molar-refractivity contribution in [2.24, 2.45) is 5.92 Å². The van der Waals surface area contributed by atoms with Gasteiger partial charge in [-0.15, -0.1) is 0 Å². The van der Waals surface area contributed by atoms with Gasteiger partial charge < -0.3 is 15.2 Å². The monoisotopic (exact) mass is 143 g/mol. The highest BCUT2D eigenvalue weighted by Gasteiger charge is 2.39. The van der Waals surface area contributed by atoms with Crippen LogP contribution in [0.3, 0.4) is 0 Å². The number of aliphatic hydroxyl groups excluding tert-OH is 1. The molecule has 54 valence electrons. The quantitative estimate of drug-likeness (QED) is 0.248. The minimum absolute atomic E-state index is 0.255. The van der Waals surface area contributed by atoms with Crippen molar-refractivity contribution < 1.29 is 19.5 Å². The van der Waals surface area contributed by atoms with Crippen LogP contribution in [0.25, 0.3) is 0 Å². The second-order valence-corrected chi connectivity index (χ2v) is 1.94. The average Bonchev–Trinajstić information content (AvgIpc) is 2.09. The summed E-state index contributed by atoms with van der Waals surface area (Å²) in [7, 11) is 0. The van der Waals surface area contributed by atoms with Gasteiger partial charge in [-0.1, -0.05) is 0 Å². The highest BCUT2D eigenvalue weighted by atomic mass is 16.3. The van der Waals surface area contributed by atoms with Gasteiger partial charge in [0.25, 0.3) is 5.91 Å². The number of ketones is 1. The first-order chi connectivity index (χ1) is 4.66. The van der Waals surface area contributed by atoms with Gasteiger partial charge in [0.15, 0.2) is 0 Å². The first-order valence-corrected chi connectivity index (χ1v) is 2.65. The number of amides is 1. The lowest BCUT2D eigenvalue weighted by Gasteiger charge is -2.01. The molecule has 2 N–H and O–H groups in total. The van der Waals surface area contributed by atoms with Gasteiger partial charge in [-0.25, -0.2) is 0 Å². The molecule has 0 bridgehead atoms. The summed E-state index contributed by atoms with van der Waals surface area (Å²) in [6.07, 6.45) is -1.08. The third kappa shape index (κ3) is 0.801. The minimum atomic E-state index is -1.34. The van der Waals surface area contributed by atoms with Gasteiger partial charge in [0.05, 0.1) is 0 Å². The van der Waals surface area contributed by atoms with Crippen LogP contribution in [0, 0.1) is 5.92 Å². The number of carbonyl (C=O) groups excluding carboxylic acids is 3. The van der Waals surface area contributed by atoms with Crippen molar-refractivity contribution >= 4 is 18.0 Å². The van der Waals surface area contributed by atoms with E-state index in [1.807, 2.05) is 5.32 Å². The molecule has 10 heavy (non-hydrogen) atoms. The summed E-state index contributed by atoms with van der Waals surface area (Å²) in [5.74, 6) is -2.99. The molecule has 1 fully saturated rings. The number of aliphatic hydroxyl groups is 1. The zero-order valence-corrected chi connectivity index (χ0v) is 4.90. The van der Waals surface area contributed by atoms with Crippen LogP contribution in [0.1, 0.15) is 0 Å². The highest BCUT2D eigenvalue weighted by molar-refractivity contribution is 6.41. The van der Waals surface area contributed by atoms with Gasteiger partial charge >= 0.3 is 0 Å². The predicted molar refractivity (Wildman–Crippen MR) is 28.7 cm³/mol. The third-order valence-corrected chi connectivity index (χ3v) is 1.29. The molecular weight excluding hydrogens is 138 g/mol. The van der Waals surface area contributed by atoms with E-state index in [0.29, 0.717) is 0 Å². The Balaban J connectivity index is 2.83. The maximum absolute atomic E-state index is 10.5. The molecule has 0 aromatic rings. The summed E-state index contributed by atoms with van der Waals surface area (Å²) < 4.78 is 0. The maximum atomic E-state index is 10.5. The Morgan fingerprint density at radius 1 is 1.50 bits per heavy atom. The predicted octanol–water partition coefficient (Wildman–Crippen LogP) is -2.18. The molecule has 1 saturated heterocycles. The fourth-order valence-corrected chi connectivity index (χ4v) is 0.726. The SMILES string of the molecule is O=CC1C(=O)C(=O)NC1O. The number of nitrogens with one attached hydrogen (secondary N) is 1. The minimum Gasteiger partial charge on any atom is -0.372 e. The summed E-state index contributed by atoms with van der Waals surface area (Å²) in [6, 6.07) is 0. The number of hydrogen-bond acceptors (Lipinski definition) is 4. The van der Waals surface area contributed by atoms with Crippen molar-refractivity contribution in [1.29, 1.82) is 0 Å². The Hall–Kier alpha value is -1.23. The highest BCUT2D eigenvalue weighted by Crippen LogP contribution is 2.06. The van der Waals surface area contributed by atoms with E-state index in [0.717, 1.165) is 0 Å². The normalized spacial score (nSPS) is 32.1. The van der Waals surface area contributed by atoms with Crippen LogP contribution >= 0.6 is 0 Å². The van der Waals surface area contributed by atoms with Gasteiger partial charge in [-0.05, 0) is 0 Å². The number of Topliss-reactive ketones (excluding diaryl/α,β-unsaturated/α-hetero) is 1. The lowest BCUT2D eigenvalue weighted by Crippen LogP contribution is -2.28. The number of rotatable bonds is 1. The lowest BCUT2D eigenvalue weighted by atomic mass is 10.1. The smallest absolute Gasteiger partial charge is 0.290 e. The second kappa shape index (κ2) is 2.18. The maximum Gasteiger partial charge on any atom is 0.290 e. The van der Waals surface area contributed by atoms with Gasteiger partial charge in [0, 0.05) is 0 Å². The van der Waals surface area contributed by atoms with E-state index in [9.17, 15) is 14.4 Å². The number of hydrogen-bond donors (Lipinski definition) is 2. The molecule has 0 aromatic carbocycles. The van der Waals surface area contributed by atoms with Crippen molar-refractivity contribution in [2.75, 3.05) is 0 Å². The molecule has 5 heteroatoms. The molecule has 1 rings (SSSR count). The van der Waals surface area contributed by atoms with E-state index in [1.54, 1.807) is 0 Å². The molecule has 1 aliphatic rings. The van der Waals surface area contributed by atoms with Crippen molar-refractivity contribution in [3.63, 3.8) is 0 Å². The van der Waals surface area contributed by atoms with E-state index in [2.05, 4.69) is 0 Å². The first-order valence-electron chi connectivity index (χ1n) is 2.65. The van der Waals surface area contributed by atoms with E-state index >= 15 is 0 Å². The van der Waals surface area contributed by atoms with Crippen LogP contribution in [-0.2, 0) is 14.4 Å². The molecular formula is C5H5NO4. The summed E-state index contributed by atoms with van der Waals surface area (Å²) in [4.78, 5) is 30.9. The lowest BCUT2D eigenvalue weighted by molar-refractivity contribution is -0.137. The summed E-state index contributed by atoms with van der Waals surface area (Å²) in [5.41, 5.74) is 0. The molecule has 1 heterocycles. The molecule has 0 saturated carbocycles. The molecule has 0 spiro atoms. The molecule has 0 radical (unpaired) electrons. The van der Waals surface area contributed by atoms with Crippen LogP contribution in [0.5, 0.6) is 0 Å². The van der Waals surface area contributed by atoms with Gasteiger partial charge in [-0.3, -0.25) is 9.59 Å². The molecule has 1 aliphatic heterocycles. The first kappa shape index (κ1) is 6.88. The Kier molecular flexibility index (Phi) is 1.50. The largest absolute Gasteiger partial charge is 0.372 e. The van der Waals surface area contributed by atoms with E-state index in [1.165, 1.54) is 0 Å². The Morgan fingerprint density at radius 3 is 2.30 bits per heavy atom. The Bertz CT molecular complexity index is 200. The van der Waals surface area contributed by atoms with Crippen molar-refractivity contribution in [1.82, 2.24) is 5.32 Å². The Morgan fingerprint density at radius 2 is 2.10 bits per heavy atom. The molecule has 2 unspecified atom stereocenters. The zero-order valence-electron chi connectivity index (χ0n) is 4.90. The summed E-state index contributed by atoms with van der Waals surface area (Å²) >= 11 is 0. The number of aldehydes is 1. The topological polar surface area (TPSA) is 83.5 Å². The van der Waals surface area contributed by atoms with Crippen LogP contribution in [-0.4, -0.2) is 29.3 Å². The molecule has 0 aliphatic carbocycles.